The first-order valence-electron chi connectivity index (χ1n) is 10.9. The number of ketones is 1. The Kier molecular flexibility index (Phi) is 10.2. The third-order valence-electron chi connectivity index (χ3n) is 5.70. The van der Waals surface area contributed by atoms with Gasteiger partial charge in [-0.2, -0.15) is 5.26 Å². The monoisotopic (exact) mass is 369 g/mol. The number of nitrogens with zero attached hydrogens (tertiary/aromatic N) is 1. The van der Waals surface area contributed by atoms with Crippen molar-refractivity contribution in [1.82, 2.24) is 0 Å². The Morgan fingerprint density at radius 2 is 1.67 bits per heavy atom. The van der Waals surface area contributed by atoms with Gasteiger partial charge in [-0.05, 0) is 30.4 Å². The lowest BCUT2D eigenvalue weighted by Gasteiger charge is -2.27. The molecule has 0 spiro atoms. The molecule has 0 aliphatic heterocycles. The molecule has 148 valence electrons. The van der Waals surface area contributed by atoms with Gasteiger partial charge >= 0.3 is 0 Å². The van der Waals surface area contributed by atoms with E-state index < -0.39 is 0 Å². The smallest absolute Gasteiger partial charge is 0.138 e. The maximum atomic E-state index is 13.1. The molecular weight excluding hydrogens is 334 g/mol. The van der Waals surface area contributed by atoms with Gasteiger partial charge in [0.1, 0.15) is 5.78 Å². The summed E-state index contributed by atoms with van der Waals surface area (Å²) in [6, 6.07) is 10.6. The molecule has 1 fully saturated rings. The highest BCUT2D eigenvalue weighted by Gasteiger charge is 2.29. The minimum atomic E-state index is -0.223. The van der Waals surface area contributed by atoms with E-state index in [1.54, 1.807) is 0 Å². The summed E-state index contributed by atoms with van der Waals surface area (Å²) in [5.41, 5.74) is 2.37. The van der Waals surface area contributed by atoms with Gasteiger partial charge in [0.25, 0.3) is 0 Å². The average Bonchev–Trinajstić information content (AvgIpc) is 2.69. The van der Waals surface area contributed by atoms with Crippen molar-refractivity contribution in [3.63, 3.8) is 0 Å². The molecule has 3 nitrogen and oxygen atoms in total. The predicted molar refractivity (Wildman–Crippen MR) is 109 cm³/mol. The number of rotatable bonds is 6. The van der Waals surface area contributed by atoms with Crippen molar-refractivity contribution in [2.75, 3.05) is 6.61 Å². The first-order valence-corrected chi connectivity index (χ1v) is 10.9. The molecule has 1 aliphatic carbocycles. The van der Waals surface area contributed by atoms with E-state index in [0.717, 1.165) is 37.7 Å². The van der Waals surface area contributed by atoms with Crippen LogP contribution in [0, 0.1) is 17.2 Å². The lowest BCUT2D eigenvalue weighted by Crippen LogP contribution is -2.25. The number of benzene rings is 1. The number of carbonyl (C=O) groups excluding carboxylic acids is 1. The summed E-state index contributed by atoms with van der Waals surface area (Å²) in [4.78, 5) is 13.1. The van der Waals surface area contributed by atoms with E-state index in [9.17, 15) is 4.79 Å². The van der Waals surface area contributed by atoms with Crippen LogP contribution in [0.4, 0.5) is 0 Å². The first-order chi connectivity index (χ1) is 13.3. The first kappa shape index (κ1) is 21.6. The number of nitriles is 1. The van der Waals surface area contributed by atoms with E-state index >= 15 is 0 Å². The normalized spacial score (nSPS) is 20.9. The standard InChI is InChI=1S/C24H35NO2/c1-2-20-14-16-21(17-15-20)24(27-19-11-18-25)22-12-9-7-5-3-4-6-8-10-13-23(22)26/h14-17,22,24H,2-13,19H2,1H3/t22-,24+/m0/s1. The van der Waals surface area contributed by atoms with E-state index in [1.807, 2.05) is 0 Å². The molecule has 3 heteroatoms. The van der Waals surface area contributed by atoms with Gasteiger partial charge in [-0.25, -0.2) is 0 Å². The van der Waals surface area contributed by atoms with Gasteiger partial charge in [0.2, 0.25) is 0 Å². The Morgan fingerprint density at radius 1 is 1.04 bits per heavy atom. The Hall–Kier alpha value is -1.66. The Bertz CT molecular complexity index is 587. The lowest BCUT2D eigenvalue weighted by molar-refractivity contribution is -0.129. The largest absolute Gasteiger partial charge is 0.372 e. The molecular formula is C24H35NO2. The number of ether oxygens (including phenoxy) is 1. The second-order valence-electron chi connectivity index (χ2n) is 7.73. The maximum Gasteiger partial charge on any atom is 0.138 e. The van der Waals surface area contributed by atoms with E-state index in [2.05, 4.69) is 37.3 Å². The summed E-state index contributed by atoms with van der Waals surface area (Å²) >= 11 is 0. The Balaban J connectivity index is 2.18. The second kappa shape index (κ2) is 12.7. The van der Waals surface area contributed by atoms with Crippen LogP contribution in [0.25, 0.3) is 0 Å². The van der Waals surface area contributed by atoms with Crippen molar-refractivity contribution in [2.24, 2.45) is 5.92 Å². The molecule has 2 atom stereocenters. The molecule has 1 aliphatic rings. The molecule has 0 N–H and O–H groups in total. The van der Waals surface area contributed by atoms with Gasteiger partial charge in [-0.15, -0.1) is 0 Å². The maximum absolute atomic E-state index is 13.1. The fourth-order valence-corrected chi connectivity index (χ4v) is 4.01. The Labute approximate surface area is 165 Å². The molecule has 1 aromatic carbocycles. The van der Waals surface area contributed by atoms with Gasteiger partial charge in [0, 0.05) is 12.3 Å². The Morgan fingerprint density at radius 3 is 2.30 bits per heavy atom. The lowest BCUT2D eigenvalue weighted by atomic mass is 9.84. The van der Waals surface area contributed by atoms with Crippen molar-refractivity contribution in [3.05, 3.63) is 35.4 Å². The summed E-state index contributed by atoms with van der Waals surface area (Å²) in [6.45, 7) is 2.53. The van der Waals surface area contributed by atoms with E-state index in [4.69, 9.17) is 10.00 Å². The predicted octanol–water partition coefficient (Wildman–Crippen LogP) is 6.32. The number of aryl methyl sites for hydroxylation is 1. The third-order valence-corrected chi connectivity index (χ3v) is 5.70. The SMILES string of the molecule is CCc1ccc([C@@H](OCCC#N)[C@H]2CCCCCCCCCCC2=O)cc1. The fraction of sp³-hybridized carbons (Fsp3) is 0.667. The van der Waals surface area contributed by atoms with Crippen LogP contribution in [0.3, 0.4) is 0 Å². The van der Waals surface area contributed by atoms with Gasteiger partial charge in [0.15, 0.2) is 0 Å². The topological polar surface area (TPSA) is 50.1 Å². The van der Waals surface area contributed by atoms with Crippen LogP contribution in [0.5, 0.6) is 0 Å². The molecule has 1 saturated carbocycles. The molecule has 0 saturated heterocycles. The zero-order valence-corrected chi connectivity index (χ0v) is 16.9. The van der Waals surface area contributed by atoms with Crippen molar-refractivity contribution >= 4 is 5.78 Å². The minimum Gasteiger partial charge on any atom is -0.372 e. The summed E-state index contributed by atoms with van der Waals surface area (Å²) < 4.78 is 6.13. The van der Waals surface area contributed by atoms with Crippen LogP contribution >= 0.6 is 0 Å². The van der Waals surface area contributed by atoms with Crippen LogP contribution in [-0.4, -0.2) is 12.4 Å². The summed E-state index contributed by atoms with van der Waals surface area (Å²) in [5, 5.41) is 8.89. The van der Waals surface area contributed by atoms with E-state index in [1.165, 1.54) is 37.7 Å². The molecule has 0 aromatic heterocycles. The van der Waals surface area contributed by atoms with Crippen molar-refractivity contribution < 1.29 is 9.53 Å². The molecule has 27 heavy (non-hydrogen) atoms. The molecule has 0 bridgehead atoms. The van der Waals surface area contributed by atoms with Gasteiger partial charge in [0.05, 0.1) is 25.2 Å². The summed E-state index contributed by atoms with van der Waals surface area (Å²) in [5.74, 6) is 0.257. The number of carbonyl (C=O) groups is 1. The summed E-state index contributed by atoms with van der Waals surface area (Å²) in [6.07, 6.45) is 12.3. The zero-order chi connectivity index (χ0) is 19.3. The average molecular weight is 370 g/mol. The highest BCUT2D eigenvalue weighted by atomic mass is 16.5. The highest BCUT2D eigenvalue weighted by molar-refractivity contribution is 5.81. The molecule has 0 radical (unpaired) electrons. The van der Waals surface area contributed by atoms with Crippen molar-refractivity contribution in [2.45, 2.75) is 90.1 Å². The van der Waals surface area contributed by atoms with Gasteiger partial charge in [-0.1, -0.05) is 76.1 Å². The number of hydrogen-bond acceptors (Lipinski definition) is 3. The molecule has 1 aromatic rings. The van der Waals surface area contributed by atoms with E-state index in [0.29, 0.717) is 25.2 Å². The van der Waals surface area contributed by atoms with Gasteiger partial charge < -0.3 is 4.74 Å². The van der Waals surface area contributed by atoms with E-state index in [-0.39, 0.29) is 12.0 Å². The van der Waals surface area contributed by atoms with Gasteiger partial charge in [-0.3, -0.25) is 4.79 Å². The van der Waals surface area contributed by atoms with Crippen LogP contribution in [0.1, 0.15) is 94.8 Å². The van der Waals surface area contributed by atoms with Crippen molar-refractivity contribution in [3.8, 4) is 6.07 Å². The molecule has 0 unspecified atom stereocenters. The quantitative estimate of drug-likeness (QED) is 0.551. The number of Topliss-reactive ketones (excluding diaryl/α,β-unsaturated/α-hetero) is 1. The summed E-state index contributed by atoms with van der Waals surface area (Å²) in [7, 11) is 0. The minimum absolute atomic E-state index is 0.0874. The third kappa shape index (κ3) is 7.46. The second-order valence-corrected chi connectivity index (χ2v) is 7.73. The van der Waals surface area contributed by atoms with Crippen LogP contribution < -0.4 is 0 Å². The zero-order valence-electron chi connectivity index (χ0n) is 16.9. The van der Waals surface area contributed by atoms with Crippen LogP contribution in [0.2, 0.25) is 0 Å². The number of hydrogen-bond donors (Lipinski definition) is 0. The fourth-order valence-electron chi connectivity index (χ4n) is 4.01. The van der Waals surface area contributed by atoms with Crippen LogP contribution in [0.15, 0.2) is 24.3 Å². The molecule has 2 rings (SSSR count). The highest BCUT2D eigenvalue weighted by Crippen LogP contribution is 2.33. The molecule has 0 heterocycles. The van der Waals surface area contributed by atoms with Crippen LogP contribution in [-0.2, 0) is 16.0 Å². The molecule has 0 amide bonds. The van der Waals surface area contributed by atoms with Crippen molar-refractivity contribution in [1.29, 1.82) is 5.26 Å².